The monoisotopic (exact) mass is 263 g/mol. The summed E-state index contributed by atoms with van der Waals surface area (Å²) in [5.74, 6) is 1.05. The summed E-state index contributed by atoms with van der Waals surface area (Å²) in [6.45, 7) is 8.76. The van der Waals surface area contributed by atoms with Gasteiger partial charge in [0.1, 0.15) is 11.5 Å². The molecular weight excluding hydrogens is 238 g/mol. The summed E-state index contributed by atoms with van der Waals surface area (Å²) in [6.07, 6.45) is 0. The average molecular weight is 263 g/mol. The highest BCUT2D eigenvalue weighted by atomic mass is 16.5. The van der Waals surface area contributed by atoms with Crippen LogP contribution in [0.4, 0.5) is 0 Å². The number of hydrogen-bond acceptors (Lipinski definition) is 3. The Balaban J connectivity index is 2.90. The number of ketones is 1. The van der Waals surface area contributed by atoms with Crippen molar-refractivity contribution in [3.05, 3.63) is 29.8 Å². The highest BCUT2D eigenvalue weighted by molar-refractivity contribution is 5.87. The molecule has 0 aromatic heterocycles. The van der Waals surface area contributed by atoms with Gasteiger partial charge in [-0.1, -0.05) is 39.8 Å². The van der Waals surface area contributed by atoms with Gasteiger partial charge in [0.05, 0.1) is 13.0 Å². The predicted molar refractivity (Wildman–Crippen MR) is 78.7 cm³/mol. The molecular formula is C16H25NO2. The Bertz CT molecular complexity index is 396. The fourth-order valence-corrected chi connectivity index (χ4v) is 1.97. The van der Waals surface area contributed by atoms with Crippen LogP contribution in [0.3, 0.4) is 0 Å². The number of Topliss-reactive ketones (excluding diaryl/α,β-unsaturated/α-hetero) is 1. The lowest BCUT2D eigenvalue weighted by Crippen LogP contribution is -2.33. The Labute approximate surface area is 116 Å². The standard InChI is InChI=1S/C16H25NO2/c1-11(2)16(18)15(10-17-12(3)4)13-6-8-14(19-5)9-7-13/h6-9,11-12,15,17H,10H2,1-5H3. The molecule has 0 aliphatic heterocycles. The van der Waals surface area contributed by atoms with Gasteiger partial charge >= 0.3 is 0 Å². The van der Waals surface area contributed by atoms with Gasteiger partial charge in [0.2, 0.25) is 0 Å². The molecule has 1 N–H and O–H groups in total. The van der Waals surface area contributed by atoms with Crippen LogP contribution in [0, 0.1) is 5.92 Å². The zero-order valence-corrected chi connectivity index (χ0v) is 12.6. The SMILES string of the molecule is COc1ccc(C(CNC(C)C)C(=O)C(C)C)cc1. The molecule has 1 rings (SSSR count). The second kappa shape index (κ2) is 7.29. The Hall–Kier alpha value is -1.35. The summed E-state index contributed by atoms with van der Waals surface area (Å²) >= 11 is 0. The quantitative estimate of drug-likeness (QED) is 0.822. The lowest BCUT2D eigenvalue weighted by molar-refractivity contribution is -0.123. The van der Waals surface area contributed by atoms with Crippen molar-refractivity contribution in [2.75, 3.05) is 13.7 Å². The summed E-state index contributed by atoms with van der Waals surface area (Å²) in [4.78, 5) is 12.3. The van der Waals surface area contributed by atoms with Crippen molar-refractivity contribution in [1.82, 2.24) is 5.32 Å². The van der Waals surface area contributed by atoms with Crippen LogP contribution in [-0.2, 0) is 4.79 Å². The Morgan fingerprint density at radius 1 is 1.16 bits per heavy atom. The highest BCUT2D eigenvalue weighted by Crippen LogP contribution is 2.22. The summed E-state index contributed by atoms with van der Waals surface area (Å²) in [5, 5.41) is 3.36. The molecule has 3 heteroatoms. The molecule has 1 aromatic carbocycles. The zero-order valence-electron chi connectivity index (χ0n) is 12.6. The maximum Gasteiger partial charge on any atom is 0.144 e. The van der Waals surface area contributed by atoms with E-state index in [4.69, 9.17) is 4.74 Å². The molecule has 0 spiro atoms. The molecule has 0 radical (unpaired) electrons. The molecule has 1 unspecified atom stereocenters. The van der Waals surface area contributed by atoms with E-state index in [1.165, 1.54) is 0 Å². The minimum Gasteiger partial charge on any atom is -0.497 e. The number of nitrogens with one attached hydrogen (secondary N) is 1. The molecule has 19 heavy (non-hydrogen) atoms. The summed E-state index contributed by atoms with van der Waals surface area (Å²) in [7, 11) is 1.64. The molecule has 0 saturated carbocycles. The van der Waals surface area contributed by atoms with Crippen LogP contribution in [-0.4, -0.2) is 25.5 Å². The Morgan fingerprint density at radius 2 is 1.74 bits per heavy atom. The van der Waals surface area contributed by atoms with Crippen molar-refractivity contribution in [3.8, 4) is 5.75 Å². The number of hydrogen-bond donors (Lipinski definition) is 1. The van der Waals surface area contributed by atoms with E-state index in [0.717, 1.165) is 11.3 Å². The maximum absolute atomic E-state index is 12.3. The van der Waals surface area contributed by atoms with Gasteiger partial charge in [0, 0.05) is 18.5 Å². The Kier molecular flexibility index (Phi) is 6.03. The summed E-state index contributed by atoms with van der Waals surface area (Å²) in [6, 6.07) is 8.15. The predicted octanol–water partition coefficient (Wildman–Crippen LogP) is 3.00. The molecule has 0 fully saturated rings. The summed E-state index contributed by atoms with van der Waals surface area (Å²) in [5.41, 5.74) is 1.05. The van der Waals surface area contributed by atoms with Gasteiger partial charge in [-0.2, -0.15) is 0 Å². The second-order valence-corrected chi connectivity index (χ2v) is 5.45. The third kappa shape index (κ3) is 4.67. The van der Waals surface area contributed by atoms with E-state index < -0.39 is 0 Å². The van der Waals surface area contributed by atoms with Crippen LogP contribution in [0.2, 0.25) is 0 Å². The fourth-order valence-electron chi connectivity index (χ4n) is 1.97. The third-order valence-electron chi connectivity index (χ3n) is 3.16. The lowest BCUT2D eigenvalue weighted by atomic mass is 9.88. The van der Waals surface area contributed by atoms with Gasteiger partial charge in [0.25, 0.3) is 0 Å². The van der Waals surface area contributed by atoms with E-state index in [1.807, 2.05) is 38.1 Å². The number of rotatable bonds is 7. The van der Waals surface area contributed by atoms with Gasteiger partial charge in [0.15, 0.2) is 0 Å². The number of methoxy groups -OCH3 is 1. The van der Waals surface area contributed by atoms with Gasteiger partial charge < -0.3 is 10.1 Å². The molecule has 0 aliphatic rings. The number of benzene rings is 1. The van der Waals surface area contributed by atoms with Crippen LogP contribution in [0.25, 0.3) is 0 Å². The minimum atomic E-state index is -0.0895. The topological polar surface area (TPSA) is 38.3 Å². The van der Waals surface area contributed by atoms with Crippen LogP contribution in [0.15, 0.2) is 24.3 Å². The van der Waals surface area contributed by atoms with Gasteiger partial charge in [-0.05, 0) is 17.7 Å². The van der Waals surface area contributed by atoms with Crippen molar-refractivity contribution in [1.29, 1.82) is 0 Å². The number of ether oxygens (including phenoxy) is 1. The second-order valence-electron chi connectivity index (χ2n) is 5.45. The molecule has 3 nitrogen and oxygen atoms in total. The average Bonchev–Trinajstić information content (AvgIpc) is 2.39. The molecule has 0 amide bonds. The number of carbonyl (C=O) groups is 1. The van der Waals surface area contributed by atoms with Crippen molar-refractivity contribution < 1.29 is 9.53 Å². The first-order valence-electron chi connectivity index (χ1n) is 6.86. The van der Waals surface area contributed by atoms with E-state index in [1.54, 1.807) is 7.11 Å². The number of carbonyl (C=O) groups excluding carboxylic acids is 1. The van der Waals surface area contributed by atoms with Crippen molar-refractivity contribution in [2.24, 2.45) is 5.92 Å². The maximum atomic E-state index is 12.3. The van der Waals surface area contributed by atoms with Crippen LogP contribution in [0.1, 0.15) is 39.2 Å². The fraction of sp³-hybridized carbons (Fsp3) is 0.562. The molecule has 0 saturated heterocycles. The van der Waals surface area contributed by atoms with Gasteiger partial charge in [-0.15, -0.1) is 0 Å². The van der Waals surface area contributed by atoms with E-state index in [0.29, 0.717) is 12.6 Å². The molecule has 0 heterocycles. The van der Waals surface area contributed by atoms with Crippen LogP contribution in [0.5, 0.6) is 5.75 Å². The lowest BCUT2D eigenvalue weighted by Gasteiger charge is -2.20. The van der Waals surface area contributed by atoms with Crippen molar-refractivity contribution >= 4 is 5.78 Å². The van der Waals surface area contributed by atoms with Crippen molar-refractivity contribution in [3.63, 3.8) is 0 Å². The van der Waals surface area contributed by atoms with E-state index >= 15 is 0 Å². The Morgan fingerprint density at radius 3 is 2.16 bits per heavy atom. The normalized spacial score (nSPS) is 12.8. The van der Waals surface area contributed by atoms with Gasteiger partial charge in [-0.25, -0.2) is 0 Å². The third-order valence-corrected chi connectivity index (χ3v) is 3.16. The van der Waals surface area contributed by atoms with Crippen LogP contribution < -0.4 is 10.1 Å². The minimum absolute atomic E-state index is 0.0427. The van der Waals surface area contributed by atoms with E-state index in [-0.39, 0.29) is 17.6 Å². The van der Waals surface area contributed by atoms with Crippen LogP contribution >= 0.6 is 0 Å². The molecule has 0 aliphatic carbocycles. The zero-order chi connectivity index (χ0) is 14.4. The first-order valence-corrected chi connectivity index (χ1v) is 6.86. The largest absolute Gasteiger partial charge is 0.497 e. The molecule has 1 aromatic rings. The highest BCUT2D eigenvalue weighted by Gasteiger charge is 2.23. The molecule has 0 bridgehead atoms. The van der Waals surface area contributed by atoms with E-state index in [9.17, 15) is 4.79 Å². The smallest absolute Gasteiger partial charge is 0.144 e. The molecule has 106 valence electrons. The molecule has 1 atom stereocenters. The van der Waals surface area contributed by atoms with Crippen molar-refractivity contribution in [2.45, 2.75) is 39.7 Å². The summed E-state index contributed by atoms with van der Waals surface area (Å²) < 4.78 is 5.15. The van der Waals surface area contributed by atoms with E-state index in [2.05, 4.69) is 19.2 Å². The van der Waals surface area contributed by atoms with Gasteiger partial charge in [-0.3, -0.25) is 4.79 Å². The first-order chi connectivity index (χ1) is 8.95. The first kappa shape index (κ1) is 15.7.